The molecule has 2 aromatic rings. The molecule has 1 N–H and O–H groups in total. The summed E-state index contributed by atoms with van der Waals surface area (Å²) >= 11 is 3.13. The van der Waals surface area contributed by atoms with Gasteiger partial charge in [-0.25, -0.2) is 18.3 Å². The van der Waals surface area contributed by atoms with E-state index < -0.39 is 19.1 Å². The molecule has 21 heavy (non-hydrogen) atoms. The Morgan fingerprint density at radius 3 is 2.76 bits per heavy atom. The summed E-state index contributed by atoms with van der Waals surface area (Å²) in [6.07, 6.45) is -1.98. The first kappa shape index (κ1) is 15.4. The van der Waals surface area contributed by atoms with Crippen LogP contribution >= 0.6 is 15.9 Å². The summed E-state index contributed by atoms with van der Waals surface area (Å²) in [5, 5.41) is 6.14. The summed E-state index contributed by atoms with van der Waals surface area (Å²) in [6, 6.07) is 9.12. The number of nitrogens with one attached hydrogen (secondary N) is 1. The van der Waals surface area contributed by atoms with E-state index in [0.29, 0.717) is 4.47 Å². The summed E-state index contributed by atoms with van der Waals surface area (Å²) in [4.78, 5) is 11.7. The van der Waals surface area contributed by atoms with Gasteiger partial charge in [0.1, 0.15) is 19.0 Å². The molecule has 0 spiro atoms. The average molecular weight is 360 g/mol. The third kappa shape index (κ3) is 4.52. The molecule has 0 aliphatic rings. The smallest absolute Gasteiger partial charge is 0.413 e. The van der Waals surface area contributed by atoms with Crippen LogP contribution in [0.25, 0.3) is 0 Å². The molecule has 1 amide bonds. The monoisotopic (exact) mass is 359 g/mol. The lowest BCUT2D eigenvalue weighted by Gasteiger charge is -2.10. The first-order valence-electron chi connectivity index (χ1n) is 6.03. The van der Waals surface area contributed by atoms with E-state index in [1.807, 2.05) is 30.3 Å². The van der Waals surface area contributed by atoms with Crippen LogP contribution in [0.2, 0.25) is 0 Å². The van der Waals surface area contributed by atoms with E-state index in [4.69, 9.17) is 4.74 Å². The Balaban J connectivity index is 1.95. The molecular weight excluding hydrogens is 348 g/mol. The van der Waals surface area contributed by atoms with Crippen LogP contribution < -0.4 is 5.32 Å². The van der Waals surface area contributed by atoms with Crippen molar-refractivity contribution in [1.82, 2.24) is 9.78 Å². The van der Waals surface area contributed by atoms with Crippen molar-refractivity contribution >= 4 is 27.8 Å². The number of carbonyl (C=O) groups excluding carboxylic acids is 1. The normalized spacial score (nSPS) is 10.7. The maximum absolute atomic E-state index is 12.4. The number of nitrogens with zero attached hydrogens (tertiary/aromatic N) is 2. The van der Waals surface area contributed by atoms with Gasteiger partial charge in [-0.1, -0.05) is 30.3 Å². The minimum absolute atomic E-state index is 0.0906. The van der Waals surface area contributed by atoms with Gasteiger partial charge >= 0.3 is 6.09 Å². The van der Waals surface area contributed by atoms with Gasteiger partial charge in [0.25, 0.3) is 6.43 Å². The van der Waals surface area contributed by atoms with Crippen LogP contribution in [0.1, 0.15) is 5.56 Å². The average Bonchev–Trinajstić information content (AvgIpc) is 2.78. The molecule has 0 saturated heterocycles. The highest BCUT2D eigenvalue weighted by atomic mass is 79.9. The first-order valence-corrected chi connectivity index (χ1v) is 6.82. The van der Waals surface area contributed by atoms with E-state index in [1.165, 1.54) is 6.20 Å². The van der Waals surface area contributed by atoms with Crippen molar-refractivity contribution in [2.24, 2.45) is 0 Å². The lowest BCUT2D eigenvalue weighted by molar-refractivity contribution is 0.122. The number of benzene rings is 1. The van der Waals surface area contributed by atoms with Crippen molar-refractivity contribution in [2.75, 3.05) is 5.32 Å². The number of rotatable bonds is 5. The highest BCUT2D eigenvalue weighted by Gasteiger charge is 2.15. The van der Waals surface area contributed by atoms with Crippen molar-refractivity contribution < 1.29 is 18.3 Å². The Bertz CT molecular complexity index is 605. The largest absolute Gasteiger partial charge is 0.444 e. The second kappa shape index (κ2) is 7.16. The Hall–Kier alpha value is -1.96. The zero-order valence-electron chi connectivity index (χ0n) is 10.8. The van der Waals surface area contributed by atoms with Crippen LogP contribution in [0.15, 0.2) is 41.0 Å². The summed E-state index contributed by atoms with van der Waals surface area (Å²) in [6.45, 7) is -0.521. The Morgan fingerprint density at radius 2 is 2.10 bits per heavy atom. The van der Waals surface area contributed by atoms with Crippen LogP contribution in [-0.2, 0) is 17.9 Å². The fraction of sp³-hybridized carbons (Fsp3) is 0.231. The van der Waals surface area contributed by atoms with Crippen LogP contribution in [0.5, 0.6) is 0 Å². The lowest BCUT2D eigenvalue weighted by Crippen LogP contribution is -2.19. The van der Waals surface area contributed by atoms with Gasteiger partial charge in [0.15, 0.2) is 0 Å². The molecule has 5 nitrogen and oxygen atoms in total. The zero-order chi connectivity index (χ0) is 15.2. The summed E-state index contributed by atoms with van der Waals surface area (Å²) in [5.74, 6) is 0.133. The second-order valence-corrected chi connectivity index (χ2v) is 4.96. The van der Waals surface area contributed by atoms with E-state index in [9.17, 15) is 13.6 Å². The quantitative estimate of drug-likeness (QED) is 0.886. The topological polar surface area (TPSA) is 56.2 Å². The minimum Gasteiger partial charge on any atom is -0.444 e. The Morgan fingerprint density at radius 1 is 1.38 bits per heavy atom. The molecule has 1 aromatic heterocycles. The van der Waals surface area contributed by atoms with Gasteiger partial charge in [0.2, 0.25) is 0 Å². The zero-order valence-corrected chi connectivity index (χ0v) is 12.4. The van der Waals surface area contributed by atoms with E-state index >= 15 is 0 Å². The number of aromatic nitrogens is 2. The van der Waals surface area contributed by atoms with E-state index in [0.717, 1.165) is 10.2 Å². The summed E-state index contributed by atoms with van der Waals surface area (Å²) < 4.78 is 31.2. The van der Waals surface area contributed by atoms with Crippen LogP contribution in [0, 0.1) is 0 Å². The summed E-state index contributed by atoms with van der Waals surface area (Å²) in [7, 11) is 0. The number of alkyl halides is 2. The first-order chi connectivity index (χ1) is 10.1. The minimum atomic E-state index is -2.57. The molecule has 0 aliphatic heterocycles. The number of ether oxygens (including phenoxy) is 1. The highest BCUT2D eigenvalue weighted by Crippen LogP contribution is 2.22. The van der Waals surface area contributed by atoms with Gasteiger partial charge in [-0.3, -0.25) is 5.32 Å². The van der Waals surface area contributed by atoms with Crippen molar-refractivity contribution in [2.45, 2.75) is 19.6 Å². The lowest BCUT2D eigenvalue weighted by atomic mass is 10.2. The van der Waals surface area contributed by atoms with Crippen LogP contribution in [-0.4, -0.2) is 22.3 Å². The molecule has 112 valence electrons. The third-order valence-electron chi connectivity index (χ3n) is 2.54. The Labute approximate surface area is 128 Å². The van der Waals surface area contributed by atoms with Gasteiger partial charge in [-0.15, -0.1) is 0 Å². The maximum atomic E-state index is 12.4. The molecule has 0 atom stereocenters. The highest BCUT2D eigenvalue weighted by molar-refractivity contribution is 9.10. The second-order valence-electron chi connectivity index (χ2n) is 4.10. The van der Waals surface area contributed by atoms with Gasteiger partial charge in [0, 0.05) is 0 Å². The molecule has 0 fully saturated rings. The Kier molecular flexibility index (Phi) is 5.26. The summed E-state index contributed by atoms with van der Waals surface area (Å²) in [5.41, 5.74) is 0.827. The fourth-order valence-electron chi connectivity index (χ4n) is 1.61. The molecular formula is C13H12BrF2N3O2. The molecule has 0 unspecified atom stereocenters. The number of halogens is 3. The van der Waals surface area contributed by atoms with E-state index in [2.05, 4.69) is 26.3 Å². The van der Waals surface area contributed by atoms with Crippen molar-refractivity contribution in [3.05, 3.63) is 46.6 Å². The maximum Gasteiger partial charge on any atom is 0.413 e. The van der Waals surface area contributed by atoms with E-state index in [-0.39, 0.29) is 12.4 Å². The molecule has 0 bridgehead atoms. The van der Waals surface area contributed by atoms with Gasteiger partial charge in [0.05, 0.1) is 10.7 Å². The molecule has 0 aliphatic carbocycles. The number of carbonyl (C=O) groups is 1. The van der Waals surface area contributed by atoms with Crippen molar-refractivity contribution in [1.29, 1.82) is 0 Å². The SMILES string of the molecule is O=C(Nc1c(Br)cnn1CC(F)F)OCc1ccccc1. The number of amides is 1. The standard InChI is InChI=1S/C13H12BrF2N3O2/c14-10-6-17-19(7-11(15)16)12(10)18-13(20)21-8-9-4-2-1-3-5-9/h1-6,11H,7-8H2,(H,18,20). The number of hydrogen-bond acceptors (Lipinski definition) is 3. The van der Waals surface area contributed by atoms with Crippen LogP contribution in [0.3, 0.4) is 0 Å². The van der Waals surface area contributed by atoms with E-state index in [1.54, 1.807) is 0 Å². The molecule has 1 heterocycles. The van der Waals surface area contributed by atoms with Crippen molar-refractivity contribution in [3.8, 4) is 0 Å². The molecule has 0 radical (unpaired) electrons. The predicted octanol–water partition coefficient (Wildman–Crippen LogP) is 3.66. The molecule has 0 saturated carbocycles. The van der Waals surface area contributed by atoms with Gasteiger partial charge < -0.3 is 4.74 Å². The predicted molar refractivity (Wildman–Crippen MR) is 76.2 cm³/mol. The van der Waals surface area contributed by atoms with Crippen molar-refractivity contribution in [3.63, 3.8) is 0 Å². The molecule has 2 rings (SSSR count). The van der Waals surface area contributed by atoms with Crippen LogP contribution in [0.4, 0.5) is 19.4 Å². The molecule has 1 aromatic carbocycles. The van der Waals surface area contributed by atoms with Gasteiger partial charge in [-0.05, 0) is 21.5 Å². The molecule has 8 heteroatoms. The number of hydrogen-bond donors (Lipinski definition) is 1. The fourth-order valence-corrected chi connectivity index (χ4v) is 2.01. The number of anilines is 1. The third-order valence-corrected chi connectivity index (χ3v) is 3.12. The van der Waals surface area contributed by atoms with Gasteiger partial charge in [-0.2, -0.15) is 5.10 Å².